The van der Waals surface area contributed by atoms with Crippen LogP contribution in [0.25, 0.3) is 11.3 Å². The number of halogens is 6. The van der Waals surface area contributed by atoms with Crippen molar-refractivity contribution >= 4 is 0 Å². The van der Waals surface area contributed by atoms with Crippen molar-refractivity contribution in [1.82, 2.24) is 4.98 Å². The second-order valence-electron chi connectivity index (χ2n) is 4.22. The summed E-state index contributed by atoms with van der Waals surface area (Å²) in [6.45, 7) is 0. The lowest BCUT2D eigenvalue weighted by Crippen LogP contribution is -2.14. The molecule has 1 N–H and O–H groups in total. The number of pyridine rings is 1. The van der Waals surface area contributed by atoms with Crippen LogP contribution in [0.3, 0.4) is 0 Å². The summed E-state index contributed by atoms with van der Waals surface area (Å²) in [5.74, 6) is 0. The standard InChI is InChI=1S/C13H7F6NO/c14-12(15,16)8-3-1-2-7(4-8)10-5-9(13(17,18)19)6-11(21)20-10/h1-6H,(H,20,21). The SMILES string of the molecule is O=c1cc(C(F)(F)F)cc(-c2cccc(C(F)(F)F)c2)[nH]1. The van der Waals surface area contributed by atoms with Crippen molar-refractivity contribution in [1.29, 1.82) is 0 Å². The van der Waals surface area contributed by atoms with E-state index in [1.54, 1.807) is 0 Å². The molecule has 1 heterocycles. The van der Waals surface area contributed by atoms with Crippen molar-refractivity contribution in [2.75, 3.05) is 0 Å². The van der Waals surface area contributed by atoms with E-state index in [0.29, 0.717) is 18.2 Å². The van der Waals surface area contributed by atoms with E-state index >= 15 is 0 Å². The molecule has 2 nitrogen and oxygen atoms in total. The molecule has 1 aromatic heterocycles. The van der Waals surface area contributed by atoms with Gasteiger partial charge < -0.3 is 4.98 Å². The van der Waals surface area contributed by atoms with Crippen LogP contribution in [-0.4, -0.2) is 4.98 Å². The van der Waals surface area contributed by atoms with Crippen molar-refractivity contribution in [3.05, 3.63) is 57.9 Å². The largest absolute Gasteiger partial charge is 0.416 e. The Labute approximate surface area is 114 Å². The molecule has 2 aromatic rings. The number of hydrogen-bond acceptors (Lipinski definition) is 1. The Bertz CT molecular complexity index is 714. The van der Waals surface area contributed by atoms with Crippen LogP contribution in [0, 0.1) is 0 Å². The molecule has 0 saturated carbocycles. The third kappa shape index (κ3) is 3.45. The van der Waals surface area contributed by atoms with Gasteiger partial charge in [0, 0.05) is 11.8 Å². The zero-order valence-electron chi connectivity index (χ0n) is 10.1. The molecule has 2 rings (SSSR count). The van der Waals surface area contributed by atoms with Crippen LogP contribution in [0.15, 0.2) is 41.2 Å². The van der Waals surface area contributed by atoms with Gasteiger partial charge in [0.25, 0.3) is 0 Å². The van der Waals surface area contributed by atoms with E-state index < -0.39 is 29.0 Å². The van der Waals surface area contributed by atoms with Crippen molar-refractivity contribution in [3.63, 3.8) is 0 Å². The fourth-order valence-electron chi connectivity index (χ4n) is 1.73. The Morgan fingerprint density at radius 2 is 1.43 bits per heavy atom. The molecule has 0 radical (unpaired) electrons. The first-order valence-corrected chi connectivity index (χ1v) is 5.56. The van der Waals surface area contributed by atoms with Crippen LogP contribution in [-0.2, 0) is 12.4 Å². The van der Waals surface area contributed by atoms with Gasteiger partial charge in [-0.05, 0) is 23.8 Å². The quantitative estimate of drug-likeness (QED) is 0.791. The fraction of sp³-hybridized carbons (Fsp3) is 0.154. The smallest absolute Gasteiger partial charge is 0.322 e. The number of benzene rings is 1. The Morgan fingerprint density at radius 1 is 0.810 bits per heavy atom. The summed E-state index contributed by atoms with van der Waals surface area (Å²) in [7, 11) is 0. The van der Waals surface area contributed by atoms with Crippen LogP contribution in [0.1, 0.15) is 11.1 Å². The van der Waals surface area contributed by atoms with Gasteiger partial charge in [0.2, 0.25) is 5.56 Å². The van der Waals surface area contributed by atoms with Crippen LogP contribution in [0.2, 0.25) is 0 Å². The summed E-state index contributed by atoms with van der Waals surface area (Å²) in [4.78, 5) is 13.3. The summed E-state index contributed by atoms with van der Waals surface area (Å²) in [6.07, 6.45) is -9.39. The van der Waals surface area contributed by atoms with Crippen molar-refractivity contribution in [3.8, 4) is 11.3 Å². The minimum absolute atomic E-state index is 0.159. The van der Waals surface area contributed by atoms with E-state index in [2.05, 4.69) is 4.98 Å². The van der Waals surface area contributed by atoms with Gasteiger partial charge in [-0.1, -0.05) is 12.1 Å². The Morgan fingerprint density at radius 3 is 2.00 bits per heavy atom. The number of rotatable bonds is 1. The number of H-pyrrole nitrogens is 1. The highest BCUT2D eigenvalue weighted by Gasteiger charge is 2.32. The Kier molecular flexibility index (Phi) is 3.56. The minimum Gasteiger partial charge on any atom is -0.322 e. The molecule has 0 saturated heterocycles. The third-order valence-corrected chi connectivity index (χ3v) is 2.67. The third-order valence-electron chi connectivity index (χ3n) is 2.67. The summed E-state index contributed by atoms with van der Waals surface area (Å²) >= 11 is 0. The summed E-state index contributed by atoms with van der Waals surface area (Å²) < 4.78 is 75.5. The molecular weight excluding hydrogens is 300 g/mol. The van der Waals surface area contributed by atoms with Gasteiger partial charge in [-0.3, -0.25) is 4.79 Å². The predicted octanol–water partition coefficient (Wildman–Crippen LogP) is 4.08. The number of hydrogen-bond donors (Lipinski definition) is 1. The summed E-state index contributed by atoms with van der Waals surface area (Å²) in [6, 6.07) is 4.63. The zero-order chi connectivity index (χ0) is 15.8. The molecule has 0 aliphatic carbocycles. The Hall–Kier alpha value is -2.25. The van der Waals surface area contributed by atoms with Gasteiger partial charge in [0.1, 0.15) is 0 Å². The molecular formula is C13H7F6NO. The second kappa shape index (κ2) is 4.94. The topological polar surface area (TPSA) is 32.9 Å². The van der Waals surface area contributed by atoms with Gasteiger partial charge in [0.05, 0.1) is 11.1 Å². The molecule has 0 spiro atoms. The number of nitrogens with one attached hydrogen (secondary N) is 1. The van der Waals surface area contributed by atoms with Crippen LogP contribution in [0.4, 0.5) is 26.3 Å². The van der Waals surface area contributed by atoms with Crippen LogP contribution < -0.4 is 5.56 Å². The average Bonchev–Trinajstić information content (AvgIpc) is 2.36. The minimum atomic E-state index is -4.76. The number of aromatic amines is 1. The maximum atomic E-state index is 12.6. The van der Waals surface area contributed by atoms with E-state index in [9.17, 15) is 31.1 Å². The van der Waals surface area contributed by atoms with Crippen molar-refractivity contribution in [2.24, 2.45) is 0 Å². The maximum absolute atomic E-state index is 12.6. The monoisotopic (exact) mass is 307 g/mol. The lowest BCUT2D eigenvalue weighted by molar-refractivity contribution is -0.138. The van der Waals surface area contributed by atoms with Gasteiger partial charge in [-0.2, -0.15) is 26.3 Å². The number of alkyl halides is 6. The van der Waals surface area contributed by atoms with E-state index in [-0.39, 0.29) is 11.3 Å². The average molecular weight is 307 g/mol. The molecule has 112 valence electrons. The fourth-order valence-corrected chi connectivity index (χ4v) is 1.73. The highest BCUT2D eigenvalue weighted by atomic mass is 19.4. The zero-order valence-corrected chi connectivity index (χ0v) is 10.1. The summed E-state index contributed by atoms with van der Waals surface area (Å²) in [5, 5.41) is 0. The van der Waals surface area contributed by atoms with Gasteiger partial charge >= 0.3 is 12.4 Å². The van der Waals surface area contributed by atoms with Gasteiger partial charge in [-0.25, -0.2) is 0 Å². The van der Waals surface area contributed by atoms with Gasteiger partial charge in [0.15, 0.2) is 0 Å². The normalized spacial score (nSPS) is 12.5. The molecule has 1 aromatic carbocycles. The van der Waals surface area contributed by atoms with Crippen LogP contribution >= 0.6 is 0 Å². The lowest BCUT2D eigenvalue weighted by atomic mass is 10.1. The van der Waals surface area contributed by atoms with E-state index in [4.69, 9.17) is 0 Å². The molecule has 0 bridgehead atoms. The molecule has 0 fully saturated rings. The first-order chi connectivity index (χ1) is 9.57. The first kappa shape index (κ1) is 15.1. The molecule has 8 heteroatoms. The molecule has 0 atom stereocenters. The molecule has 0 unspecified atom stereocenters. The maximum Gasteiger partial charge on any atom is 0.416 e. The highest BCUT2D eigenvalue weighted by molar-refractivity contribution is 5.61. The second-order valence-corrected chi connectivity index (χ2v) is 4.22. The van der Waals surface area contributed by atoms with Crippen molar-refractivity contribution < 1.29 is 26.3 Å². The van der Waals surface area contributed by atoms with E-state index in [0.717, 1.165) is 12.1 Å². The van der Waals surface area contributed by atoms with E-state index in [1.807, 2.05) is 0 Å². The van der Waals surface area contributed by atoms with Crippen LogP contribution in [0.5, 0.6) is 0 Å². The first-order valence-electron chi connectivity index (χ1n) is 5.56. The Balaban J connectivity index is 2.58. The number of aromatic nitrogens is 1. The molecule has 21 heavy (non-hydrogen) atoms. The highest BCUT2D eigenvalue weighted by Crippen LogP contribution is 2.33. The van der Waals surface area contributed by atoms with Crippen molar-refractivity contribution in [2.45, 2.75) is 12.4 Å². The van der Waals surface area contributed by atoms with E-state index in [1.165, 1.54) is 6.07 Å². The van der Waals surface area contributed by atoms with Gasteiger partial charge in [-0.15, -0.1) is 0 Å². The molecule has 0 amide bonds. The molecule has 0 aliphatic heterocycles. The lowest BCUT2D eigenvalue weighted by Gasteiger charge is -2.11. The predicted molar refractivity (Wildman–Crippen MR) is 62.5 cm³/mol. The molecule has 0 aliphatic rings. The summed E-state index contributed by atoms with van der Waals surface area (Å²) in [5.41, 5.74) is -3.77.